The number of nitrogens with two attached hydrogens (primary N) is 1. The highest BCUT2D eigenvalue weighted by Gasteiger charge is 2.36. The Balaban J connectivity index is 2.19. The van der Waals surface area contributed by atoms with Crippen molar-refractivity contribution < 1.29 is 17.6 Å². The molecule has 1 aliphatic rings. The van der Waals surface area contributed by atoms with Gasteiger partial charge in [-0.05, 0) is 54.7 Å². The van der Waals surface area contributed by atoms with Crippen molar-refractivity contribution in [1.82, 2.24) is 0 Å². The number of rotatable bonds is 2. The third kappa shape index (κ3) is 3.76. The zero-order valence-corrected chi connectivity index (χ0v) is 12.3. The van der Waals surface area contributed by atoms with E-state index in [4.69, 9.17) is 5.73 Å². The van der Waals surface area contributed by atoms with Crippen LogP contribution in [-0.2, 0) is 6.18 Å². The predicted molar refractivity (Wildman–Crippen MR) is 74.1 cm³/mol. The molecule has 2 rings (SSSR count). The molecular formula is C16H21F4N. The minimum absolute atomic E-state index is 0.157. The molecule has 21 heavy (non-hydrogen) atoms. The van der Waals surface area contributed by atoms with E-state index in [2.05, 4.69) is 13.8 Å². The van der Waals surface area contributed by atoms with E-state index in [0.717, 1.165) is 37.8 Å². The van der Waals surface area contributed by atoms with Gasteiger partial charge in [-0.25, -0.2) is 4.39 Å². The van der Waals surface area contributed by atoms with Gasteiger partial charge in [0.2, 0.25) is 0 Å². The molecule has 2 N–H and O–H groups in total. The zero-order chi connectivity index (χ0) is 15.8. The van der Waals surface area contributed by atoms with Crippen molar-refractivity contribution in [2.24, 2.45) is 17.1 Å². The Morgan fingerprint density at radius 3 is 2.29 bits per heavy atom. The molecule has 1 aromatic rings. The van der Waals surface area contributed by atoms with Gasteiger partial charge in [-0.1, -0.05) is 19.9 Å². The Kier molecular flexibility index (Phi) is 4.34. The summed E-state index contributed by atoms with van der Waals surface area (Å²) in [6, 6.07) is 2.63. The molecule has 0 aromatic heterocycles. The molecule has 5 heteroatoms. The fourth-order valence-electron chi connectivity index (χ4n) is 3.02. The highest BCUT2D eigenvalue weighted by Crippen LogP contribution is 2.42. The highest BCUT2D eigenvalue weighted by molar-refractivity contribution is 5.29. The molecule has 1 nitrogen and oxygen atoms in total. The van der Waals surface area contributed by atoms with Crippen molar-refractivity contribution in [3.63, 3.8) is 0 Å². The highest BCUT2D eigenvalue weighted by atomic mass is 19.4. The largest absolute Gasteiger partial charge is 0.419 e. The van der Waals surface area contributed by atoms with Crippen LogP contribution in [0.4, 0.5) is 17.6 Å². The van der Waals surface area contributed by atoms with Gasteiger partial charge in [-0.3, -0.25) is 0 Å². The van der Waals surface area contributed by atoms with Crippen molar-refractivity contribution in [3.05, 3.63) is 35.1 Å². The van der Waals surface area contributed by atoms with E-state index in [9.17, 15) is 17.6 Å². The molecule has 1 saturated carbocycles. The summed E-state index contributed by atoms with van der Waals surface area (Å²) in [4.78, 5) is 0. The Hall–Kier alpha value is -1.10. The lowest BCUT2D eigenvalue weighted by molar-refractivity contribution is -0.140. The van der Waals surface area contributed by atoms with Crippen LogP contribution >= 0.6 is 0 Å². The lowest BCUT2D eigenvalue weighted by atomic mass is 9.70. The smallest absolute Gasteiger partial charge is 0.324 e. The Morgan fingerprint density at radius 2 is 1.76 bits per heavy atom. The second kappa shape index (κ2) is 5.59. The third-order valence-corrected chi connectivity index (χ3v) is 4.57. The van der Waals surface area contributed by atoms with Crippen LogP contribution < -0.4 is 5.73 Å². The molecule has 0 aliphatic heterocycles. The van der Waals surface area contributed by atoms with Crippen molar-refractivity contribution in [3.8, 4) is 0 Å². The van der Waals surface area contributed by atoms with E-state index in [0.29, 0.717) is 5.56 Å². The van der Waals surface area contributed by atoms with Gasteiger partial charge in [0.05, 0.1) is 5.56 Å². The number of halogens is 4. The molecule has 1 unspecified atom stereocenters. The summed E-state index contributed by atoms with van der Waals surface area (Å²) in [5.74, 6) is -1.09. The van der Waals surface area contributed by atoms with Gasteiger partial charge in [-0.2, -0.15) is 13.2 Å². The van der Waals surface area contributed by atoms with E-state index in [1.165, 1.54) is 6.07 Å². The van der Waals surface area contributed by atoms with Crippen LogP contribution in [0.5, 0.6) is 0 Å². The monoisotopic (exact) mass is 303 g/mol. The first-order chi connectivity index (χ1) is 9.60. The Morgan fingerprint density at radius 1 is 1.19 bits per heavy atom. The van der Waals surface area contributed by atoms with Crippen molar-refractivity contribution in [2.45, 2.75) is 51.7 Å². The van der Waals surface area contributed by atoms with Crippen LogP contribution in [0, 0.1) is 17.2 Å². The van der Waals surface area contributed by atoms with Gasteiger partial charge in [-0.15, -0.1) is 0 Å². The van der Waals surface area contributed by atoms with Crippen LogP contribution in [0.15, 0.2) is 18.2 Å². The lowest BCUT2D eigenvalue weighted by Crippen LogP contribution is -2.29. The molecule has 0 saturated heterocycles. The maximum atomic E-state index is 13.3. The van der Waals surface area contributed by atoms with Crippen molar-refractivity contribution in [1.29, 1.82) is 0 Å². The fraction of sp³-hybridized carbons (Fsp3) is 0.625. The average molecular weight is 303 g/mol. The maximum absolute atomic E-state index is 13.3. The normalized spacial score (nSPS) is 21.3. The summed E-state index contributed by atoms with van der Waals surface area (Å²) in [6.45, 7) is 4.38. The van der Waals surface area contributed by atoms with E-state index >= 15 is 0 Å². The van der Waals surface area contributed by atoms with Crippen LogP contribution in [0.3, 0.4) is 0 Å². The first kappa shape index (κ1) is 16.3. The van der Waals surface area contributed by atoms with Gasteiger partial charge < -0.3 is 5.73 Å². The molecule has 0 spiro atoms. The molecule has 118 valence electrons. The summed E-state index contributed by atoms with van der Waals surface area (Å²) >= 11 is 0. The van der Waals surface area contributed by atoms with E-state index in [1.807, 2.05) is 0 Å². The predicted octanol–water partition coefficient (Wildman–Crippen LogP) is 5.06. The summed E-state index contributed by atoms with van der Waals surface area (Å²) in [7, 11) is 0. The van der Waals surface area contributed by atoms with Crippen molar-refractivity contribution >= 4 is 0 Å². The summed E-state index contributed by atoms with van der Waals surface area (Å²) in [6.07, 6.45) is -0.870. The van der Waals surface area contributed by atoms with Gasteiger partial charge in [0.1, 0.15) is 5.82 Å². The zero-order valence-electron chi connectivity index (χ0n) is 12.3. The quantitative estimate of drug-likeness (QED) is 0.759. The molecule has 1 aromatic carbocycles. The molecule has 1 atom stereocenters. The van der Waals surface area contributed by atoms with Gasteiger partial charge in [0.15, 0.2) is 0 Å². The maximum Gasteiger partial charge on any atom is 0.419 e. The third-order valence-electron chi connectivity index (χ3n) is 4.57. The summed E-state index contributed by atoms with van der Waals surface area (Å²) in [5, 5.41) is 0. The second-order valence-corrected chi connectivity index (χ2v) is 6.76. The number of benzene rings is 1. The van der Waals surface area contributed by atoms with Gasteiger partial charge in [0.25, 0.3) is 0 Å². The van der Waals surface area contributed by atoms with E-state index < -0.39 is 23.6 Å². The SMILES string of the molecule is CC1(C)CCC(C(N)c2ccc(F)c(C(F)(F)F)c2)CC1. The molecular weight excluding hydrogens is 282 g/mol. The van der Waals surface area contributed by atoms with Crippen LogP contribution in [0.1, 0.15) is 56.7 Å². The molecule has 0 bridgehead atoms. The first-order valence-electron chi connectivity index (χ1n) is 7.22. The van der Waals surface area contributed by atoms with Crippen LogP contribution in [-0.4, -0.2) is 0 Å². The number of hydrogen-bond acceptors (Lipinski definition) is 1. The second-order valence-electron chi connectivity index (χ2n) is 6.76. The van der Waals surface area contributed by atoms with Crippen LogP contribution in [0.25, 0.3) is 0 Å². The van der Waals surface area contributed by atoms with E-state index in [-0.39, 0.29) is 11.3 Å². The lowest BCUT2D eigenvalue weighted by Gasteiger charge is -2.37. The topological polar surface area (TPSA) is 26.0 Å². The van der Waals surface area contributed by atoms with Crippen LogP contribution in [0.2, 0.25) is 0 Å². The molecule has 0 amide bonds. The molecule has 0 radical (unpaired) electrons. The molecule has 1 fully saturated rings. The number of hydrogen-bond donors (Lipinski definition) is 1. The minimum Gasteiger partial charge on any atom is -0.324 e. The Labute approximate surface area is 122 Å². The standard InChI is InChI=1S/C16H21F4N/c1-15(2)7-5-10(6-8-15)14(21)11-3-4-13(17)12(9-11)16(18,19)20/h3-4,9-10,14H,5-8,21H2,1-2H3. The average Bonchev–Trinajstić information content (AvgIpc) is 2.37. The van der Waals surface area contributed by atoms with E-state index in [1.54, 1.807) is 0 Å². The minimum atomic E-state index is -4.69. The van der Waals surface area contributed by atoms with Gasteiger partial charge >= 0.3 is 6.18 Å². The molecule has 1 aliphatic carbocycles. The fourth-order valence-corrected chi connectivity index (χ4v) is 3.02. The first-order valence-corrected chi connectivity index (χ1v) is 7.22. The van der Waals surface area contributed by atoms with Gasteiger partial charge in [0, 0.05) is 6.04 Å². The Bertz CT molecular complexity index is 497. The van der Waals surface area contributed by atoms with Crippen molar-refractivity contribution in [2.75, 3.05) is 0 Å². The summed E-state index contributed by atoms with van der Waals surface area (Å²) < 4.78 is 51.6. The number of alkyl halides is 3. The summed E-state index contributed by atoms with van der Waals surface area (Å²) in [5.41, 5.74) is 5.54. The molecule has 0 heterocycles.